The van der Waals surface area contributed by atoms with Gasteiger partial charge in [0.15, 0.2) is 0 Å². The molecule has 104 valence electrons. The van der Waals surface area contributed by atoms with E-state index < -0.39 is 0 Å². The maximum atomic E-state index is 3.51. The molecule has 0 saturated heterocycles. The fourth-order valence-electron chi connectivity index (χ4n) is 3.41. The molecule has 4 rings (SSSR count). The van der Waals surface area contributed by atoms with Crippen molar-refractivity contribution < 1.29 is 0 Å². The highest BCUT2D eigenvalue weighted by Crippen LogP contribution is 2.34. The summed E-state index contributed by atoms with van der Waals surface area (Å²) in [6.45, 7) is 1.08. The van der Waals surface area contributed by atoms with Gasteiger partial charge in [-0.3, -0.25) is 0 Å². The quantitative estimate of drug-likeness (QED) is 0.694. The van der Waals surface area contributed by atoms with E-state index in [0.29, 0.717) is 5.92 Å². The summed E-state index contributed by atoms with van der Waals surface area (Å²) >= 11 is 0. The first-order chi connectivity index (χ1) is 10.4. The van der Waals surface area contributed by atoms with Crippen LogP contribution >= 0.6 is 0 Å². The maximum Gasteiger partial charge on any atom is 0.0375 e. The molecule has 1 aliphatic rings. The average Bonchev–Trinajstić information content (AvgIpc) is 2.55. The Morgan fingerprint density at radius 3 is 2.62 bits per heavy atom. The summed E-state index contributed by atoms with van der Waals surface area (Å²) < 4.78 is 0. The summed E-state index contributed by atoms with van der Waals surface area (Å²) in [5.41, 5.74) is 4.22. The van der Waals surface area contributed by atoms with Gasteiger partial charge < -0.3 is 5.32 Å². The van der Waals surface area contributed by atoms with Crippen LogP contribution in [0, 0.1) is 0 Å². The molecule has 1 nitrogen and oxygen atoms in total. The molecular weight excluding hydrogens is 254 g/mol. The number of hydrogen-bond acceptors (Lipinski definition) is 1. The van der Waals surface area contributed by atoms with Crippen LogP contribution in [0.5, 0.6) is 0 Å². The topological polar surface area (TPSA) is 12.0 Å². The normalized spacial score (nSPS) is 17.2. The van der Waals surface area contributed by atoms with Crippen LogP contribution in [-0.2, 0) is 6.42 Å². The predicted molar refractivity (Wildman–Crippen MR) is 89.9 cm³/mol. The Bertz CT molecular complexity index is 775. The molecule has 0 bridgehead atoms. The molecule has 0 aromatic heterocycles. The van der Waals surface area contributed by atoms with Gasteiger partial charge in [-0.05, 0) is 46.7 Å². The third-order valence-electron chi connectivity index (χ3n) is 4.50. The Morgan fingerprint density at radius 2 is 1.67 bits per heavy atom. The second-order valence-electron chi connectivity index (χ2n) is 5.89. The Balaban J connectivity index is 1.66. The van der Waals surface area contributed by atoms with Crippen molar-refractivity contribution in [2.24, 2.45) is 0 Å². The lowest BCUT2D eigenvalue weighted by Gasteiger charge is -2.26. The SMILES string of the molecule is c1ccc2c(c1)NCCC2Cc1ccc2ccccc2c1. The van der Waals surface area contributed by atoms with Crippen molar-refractivity contribution >= 4 is 16.5 Å². The third-order valence-corrected chi connectivity index (χ3v) is 4.50. The molecule has 1 heterocycles. The number of para-hydroxylation sites is 1. The summed E-state index contributed by atoms with van der Waals surface area (Å²) in [7, 11) is 0. The number of fused-ring (bicyclic) bond motifs is 2. The van der Waals surface area contributed by atoms with E-state index in [1.54, 1.807) is 0 Å². The van der Waals surface area contributed by atoms with Crippen molar-refractivity contribution in [3.8, 4) is 0 Å². The van der Waals surface area contributed by atoms with E-state index in [4.69, 9.17) is 0 Å². The van der Waals surface area contributed by atoms with Crippen LogP contribution in [0.15, 0.2) is 66.7 Å². The van der Waals surface area contributed by atoms with Crippen LogP contribution in [0.25, 0.3) is 10.8 Å². The second kappa shape index (κ2) is 5.25. The van der Waals surface area contributed by atoms with Crippen LogP contribution in [0.2, 0.25) is 0 Å². The highest BCUT2D eigenvalue weighted by atomic mass is 14.9. The van der Waals surface area contributed by atoms with Crippen molar-refractivity contribution in [2.75, 3.05) is 11.9 Å². The second-order valence-corrected chi connectivity index (χ2v) is 5.89. The zero-order valence-electron chi connectivity index (χ0n) is 12.0. The lowest BCUT2D eigenvalue weighted by Crippen LogP contribution is -2.18. The van der Waals surface area contributed by atoms with E-state index >= 15 is 0 Å². The van der Waals surface area contributed by atoms with Gasteiger partial charge in [0.1, 0.15) is 0 Å². The number of rotatable bonds is 2. The third kappa shape index (κ3) is 2.40. The van der Waals surface area contributed by atoms with E-state index in [1.807, 2.05) is 0 Å². The van der Waals surface area contributed by atoms with Crippen molar-refractivity contribution in [1.82, 2.24) is 0 Å². The van der Waals surface area contributed by atoms with Crippen molar-refractivity contribution in [3.63, 3.8) is 0 Å². The van der Waals surface area contributed by atoms with E-state index in [1.165, 1.54) is 34.0 Å². The monoisotopic (exact) mass is 273 g/mol. The van der Waals surface area contributed by atoms with Gasteiger partial charge in [-0.15, -0.1) is 0 Å². The van der Waals surface area contributed by atoms with Gasteiger partial charge in [-0.2, -0.15) is 0 Å². The van der Waals surface area contributed by atoms with E-state index in [2.05, 4.69) is 72.0 Å². The lowest BCUT2D eigenvalue weighted by molar-refractivity contribution is 0.624. The Kier molecular flexibility index (Phi) is 3.11. The van der Waals surface area contributed by atoms with Gasteiger partial charge in [-0.1, -0.05) is 60.7 Å². The molecule has 0 spiro atoms. The zero-order valence-corrected chi connectivity index (χ0v) is 12.0. The molecule has 1 atom stereocenters. The molecule has 3 aromatic rings. The van der Waals surface area contributed by atoms with Crippen LogP contribution in [0.1, 0.15) is 23.5 Å². The standard InChI is InChI=1S/C20H19N/c1-2-6-17-13-15(9-10-16(17)5-1)14-18-11-12-21-20-8-4-3-7-19(18)20/h1-10,13,18,21H,11-12,14H2. The summed E-state index contributed by atoms with van der Waals surface area (Å²) in [4.78, 5) is 0. The van der Waals surface area contributed by atoms with Crippen LogP contribution in [0.3, 0.4) is 0 Å². The fourth-order valence-corrected chi connectivity index (χ4v) is 3.41. The molecular formula is C20H19N. The predicted octanol–water partition coefficient (Wildman–Crippen LogP) is 4.98. The molecule has 1 unspecified atom stereocenters. The highest BCUT2D eigenvalue weighted by Gasteiger charge is 2.19. The molecule has 1 aliphatic heterocycles. The van der Waals surface area contributed by atoms with Gasteiger partial charge in [0, 0.05) is 12.2 Å². The molecule has 0 radical (unpaired) electrons. The van der Waals surface area contributed by atoms with Crippen LogP contribution in [-0.4, -0.2) is 6.54 Å². The Hall–Kier alpha value is -2.28. The molecule has 1 heteroatoms. The largest absolute Gasteiger partial charge is 0.385 e. The van der Waals surface area contributed by atoms with Gasteiger partial charge in [0.2, 0.25) is 0 Å². The summed E-state index contributed by atoms with van der Waals surface area (Å²) in [5, 5.41) is 6.18. The Labute approximate surface area is 125 Å². The first kappa shape index (κ1) is 12.5. The van der Waals surface area contributed by atoms with Gasteiger partial charge in [0.25, 0.3) is 0 Å². The minimum absolute atomic E-state index is 0.628. The number of nitrogens with one attached hydrogen (secondary N) is 1. The fraction of sp³-hybridized carbons (Fsp3) is 0.200. The highest BCUT2D eigenvalue weighted by molar-refractivity contribution is 5.83. The molecule has 0 saturated carbocycles. The number of hydrogen-bond donors (Lipinski definition) is 1. The number of anilines is 1. The maximum absolute atomic E-state index is 3.51. The minimum atomic E-state index is 0.628. The van der Waals surface area contributed by atoms with Gasteiger partial charge in [-0.25, -0.2) is 0 Å². The van der Waals surface area contributed by atoms with Gasteiger partial charge in [0.05, 0.1) is 0 Å². The van der Waals surface area contributed by atoms with E-state index in [0.717, 1.165) is 13.0 Å². The summed E-state index contributed by atoms with van der Waals surface area (Å²) in [5.74, 6) is 0.628. The zero-order chi connectivity index (χ0) is 14.1. The van der Waals surface area contributed by atoms with Crippen molar-refractivity contribution in [1.29, 1.82) is 0 Å². The molecule has 3 aromatic carbocycles. The van der Waals surface area contributed by atoms with E-state index in [9.17, 15) is 0 Å². The first-order valence-electron chi connectivity index (χ1n) is 7.71. The summed E-state index contributed by atoms with van der Waals surface area (Å²) in [6.07, 6.45) is 2.34. The van der Waals surface area contributed by atoms with E-state index in [-0.39, 0.29) is 0 Å². The molecule has 0 fully saturated rings. The molecule has 1 N–H and O–H groups in total. The lowest BCUT2D eigenvalue weighted by atomic mass is 9.85. The average molecular weight is 273 g/mol. The Morgan fingerprint density at radius 1 is 0.857 bits per heavy atom. The van der Waals surface area contributed by atoms with Crippen molar-refractivity contribution in [2.45, 2.75) is 18.8 Å². The summed E-state index contributed by atoms with van der Waals surface area (Å²) in [6, 6.07) is 24.2. The smallest absolute Gasteiger partial charge is 0.0375 e. The van der Waals surface area contributed by atoms with Crippen LogP contribution in [0.4, 0.5) is 5.69 Å². The van der Waals surface area contributed by atoms with Crippen molar-refractivity contribution in [3.05, 3.63) is 77.9 Å². The minimum Gasteiger partial charge on any atom is -0.385 e. The molecule has 0 aliphatic carbocycles. The molecule has 21 heavy (non-hydrogen) atoms. The van der Waals surface area contributed by atoms with Gasteiger partial charge >= 0.3 is 0 Å². The first-order valence-corrected chi connectivity index (χ1v) is 7.71. The molecule has 0 amide bonds. The van der Waals surface area contributed by atoms with Crippen LogP contribution < -0.4 is 5.32 Å². The number of benzene rings is 3.